The van der Waals surface area contributed by atoms with Crippen LogP contribution in [-0.4, -0.2) is 29.2 Å². The third-order valence-corrected chi connectivity index (χ3v) is 2.46. The van der Waals surface area contributed by atoms with E-state index in [-0.39, 0.29) is 23.2 Å². The molecule has 0 unspecified atom stereocenters. The van der Waals surface area contributed by atoms with E-state index < -0.39 is 12.4 Å². The summed E-state index contributed by atoms with van der Waals surface area (Å²) in [7, 11) is 0. The molecule has 8 heteroatoms. The lowest BCUT2D eigenvalue weighted by atomic mass is 10.3. The van der Waals surface area contributed by atoms with Crippen LogP contribution in [0.5, 0.6) is 11.5 Å². The topological polar surface area (TPSA) is 62.8 Å². The standard InChI is InChI=1S/C11H12F2N2O3S/c1-6(16)5-14-10(19)15-7-2-3-8-9(4-7)18-11(12,13)17-8/h2-4,6,16H,5H2,1H3,(H2,14,15,19)/t6-/m1/s1. The number of nitrogens with one attached hydrogen (secondary N) is 2. The van der Waals surface area contributed by atoms with Crippen molar-refractivity contribution in [2.45, 2.75) is 19.3 Å². The Morgan fingerprint density at radius 1 is 1.42 bits per heavy atom. The first kappa shape index (κ1) is 13.8. The molecule has 1 heterocycles. The van der Waals surface area contributed by atoms with Crippen LogP contribution in [0.15, 0.2) is 18.2 Å². The van der Waals surface area contributed by atoms with Gasteiger partial charge in [0.25, 0.3) is 0 Å². The minimum atomic E-state index is -3.63. The van der Waals surface area contributed by atoms with Crippen molar-refractivity contribution in [3.8, 4) is 11.5 Å². The van der Waals surface area contributed by atoms with Crippen molar-refractivity contribution in [1.82, 2.24) is 5.32 Å². The van der Waals surface area contributed by atoms with Crippen molar-refractivity contribution in [3.63, 3.8) is 0 Å². The number of halogens is 2. The molecule has 2 rings (SSSR count). The molecular formula is C11H12F2N2O3S. The summed E-state index contributed by atoms with van der Waals surface area (Å²) in [5.74, 6) is -0.0910. The molecule has 0 bridgehead atoms. The van der Waals surface area contributed by atoms with Gasteiger partial charge >= 0.3 is 6.29 Å². The number of ether oxygens (including phenoxy) is 2. The van der Waals surface area contributed by atoms with Gasteiger partial charge in [-0.25, -0.2) is 0 Å². The van der Waals surface area contributed by atoms with Crippen LogP contribution >= 0.6 is 12.2 Å². The second kappa shape index (κ2) is 5.14. The molecule has 19 heavy (non-hydrogen) atoms. The first-order valence-electron chi connectivity index (χ1n) is 5.48. The Morgan fingerprint density at radius 2 is 2.11 bits per heavy atom. The molecular weight excluding hydrogens is 278 g/mol. The van der Waals surface area contributed by atoms with E-state index in [1.165, 1.54) is 18.2 Å². The molecule has 0 aliphatic carbocycles. The summed E-state index contributed by atoms with van der Waals surface area (Å²) in [4.78, 5) is 0. The molecule has 0 radical (unpaired) electrons. The number of anilines is 1. The van der Waals surface area contributed by atoms with E-state index in [0.29, 0.717) is 5.69 Å². The Kier molecular flexibility index (Phi) is 3.72. The molecule has 0 spiro atoms. The zero-order valence-corrected chi connectivity index (χ0v) is 10.8. The average molecular weight is 290 g/mol. The Labute approximate surface area is 113 Å². The molecule has 0 saturated heterocycles. The van der Waals surface area contributed by atoms with E-state index >= 15 is 0 Å². The lowest BCUT2D eigenvalue weighted by Gasteiger charge is -2.11. The summed E-state index contributed by atoms with van der Waals surface area (Å²) in [5.41, 5.74) is 0.475. The van der Waals surface area contributed by atoms with Crippen molar-refractivity contribution in [3.05, 3.63) is 18.2 Å². The van der Waals surface area contributed by atoms with Crippen LogP contribution in [0.2, 0.25) is 0 Å². The zero-order valence-electron chi connectivity index (χ0n) is 9.94. The second-order valence-corrected chi connectivity index (χ2v) is 4.42. The summed E-state index contributed by atoms with van der Waals surface area (Å²) in [6.45, 7) is 1.90. The lowest BCUT2D eigenvalue weighted by Crippen LogP contribution is -2.33. The maximum Gasteiger partial charge on any atom is 0.586 e. The van der Waals surface area contributed by atoms with Gasteiger partial charge in [-0.3, -0.25) is 0 Å². The maximum absolute atomic E-state index is 12.8. The van der Waals surface area contributed by atoms with Gasteiger partial charge in [0.15, 0.2) is 16.6 Å². The number of aliphatic hydroxyl groups is 1. The van der Waals surface area contributed by atoms with Crippen molar-refractivity contribution < 1.29 is 23.4 Å². The van der Waals surface area contributed by atoms with Gasteiger partial charge < -0.3 is 25.2 Å². The van der Waals surface area contributed by atoms with E-state index in [0.717, 1.165) is 0 Å². The van der Waals surface area contributed by atoms with E-state index in [9.17, 15) is 8.78 Å². The smallest absolute Gasteiger partial charge is 0.395 e. The van der Waals surface area contributed by atoms with E-state index in [4.69, 9.17) is 17.3 Å². The maximum atomic E-state index is 12.8. The Balaban J connectivity index is 1.98. The molecule has 5 nitrogen and oxygen atoms in total. The number of alkyl halides is 2. The van der Waals surface area contributed by atoms with E-state index in [1.54, 1.807) is 6.92 Å². The predicted octanol–water partition coefficient (Wildman–Crippen LogP) is 1.68. The zero-order chi connectivity index (χ0) is 14.0. The summed E-state index contributed by atoms with van der Waals surface area (Å²) in [6, 6.07) is 4.24. The Morgan fingerprint density at radius 3 is 2.79 bits per heavy atom. The monoisotopic (exact) mass is 290 g/mol. The molecule has 0 aromatic heterocycles. The van der Waals surface area contributed by atoms with Gasteiger partial charge in [-0.15, -0.1) is 8.78 Å². The number of rotatable bonds is 3. The highest BCUT2D eigenvalue weighted by Gasteiger charge is 2.43. The fourth-order valence-corrected chi connectivity index (χ4v) is 1.64. The summed E-state index contributed by atoms with van der Waals surface area (Å²) in [5, 5.41) is 14.9. The third kappa shape index (κ3) is 3.65. The van der Waals surface area contributed by atoms with Crippen molar-refractivity contribution >= 4 is 23.0 Å². The number of benzene rings is 1. The van der Waals surface area contributed by atoms with Gasteiger partial charge in [-0.2, -0.15) is 0 Å². The highest BCUT2D eigenvalue weighted by atomic mass is 32.1. The molecule has 0 fully saturated rings. The first-order valence-corrected chi connectivity index (χ1v) is 5.89. The summed E-state index contributed by atoms with van der Waals surface area (Å²) in [6.07, 6.45) is -4.18. The molecule has 0 saturated carbocycles. The molecule has 3 N–H and O–H groups in total. The Hall–Kier alpha value is -1.67. The Bertz CT molecular complexity index is 497. The van der Waals surface area contributed by atoms with E-state index in [2.05, 4.69) is 20.1 Å². The fourth-order valence-electron chi connectivity index (χ4n) is 1.44. The first-order chi connectivity index (χ1) is 8.85. The largest absolute Gasteiger partial charge is 0.586 e. The van der Waals surface area contributed by atoms with Crippen molar-refractivity contribution in [2.75, 3.05) is 11.9 Å². The number of thiocarbonyl (C=S) groups is 1. The van der Waals surface area contributed by atoms with Gasteiger partial charge in [0, 0.05) is 18.3 Å². The summed E-state index contributed by atoms with van der Waals surface area (Å²) >= 11 is 4.97. The third-order valence-electron chi connectivity index (χ3n) is 2.22. The molecule has 1 atom stereocenters. The number of hydrogen-bond acceptors (Lipinski definition) is 4. The van der Waals surface area contributed by atoms with Crippen LogP contribution in [0.25, 0.3) is 0 Å². The van der Waals surface area contributed by atoms with Crippen LogP contribution in [0.3, 0.4) is 0 Å². The normalized spacial score (nSPS) is 16.8. The van der Waals surface area contributed by atoms with Gasteiger partial charge in [0.05, 0.1) is 6.10 Å². The number of aliphatic hydroxyl groups excluding tert-OH is 1. The van der Waals surface area contributed by atoms with E-state index in [1.807, 2.05) is 0 Å². The number of fused-ring (bicyclic) bond motifs is 1. The van der Waals surface area contributed by atoms with Gasteiger partial charge in [-0.05, 0) is 31.3 Å². The van der Waals surface area contributed by atoms with Crippen LogP contribution < -0.4 is 20.1 Å². The van der Waals surface area contributed by atoms with Crippen LogP contribution in [0.4, 0.5) is 14.5 Å². The molecule has 104 valence electrons. The molecule has 1 aromatic carbocycles. The molecule has 1 aromatic rings. The van der Waals surface area contributed by atoms with Gasteiger partial charge in [0.1, 0.15) is 0 Å². The second-order valence-electron chi connectivity index (χ2n) is 4.01. The summed E-state index contributed by atoms with van der Waals surface area (Å²) < 4.78 is 34.2. The average Bonchev–Trinajstić information content (AvgIpc) is 2.59. The predicted molar refractivity (Wildman–Crippen MR) is 68.5 cm³/mol. The van der Waals surface area contributed by atoms with Gasteiger partial charge in [-0.1, -0.05) is 0 Å². The van der Waals surface area contributed by atoms with Gasteiger partial charge in [0.2, 0.25) is 0 Å². The minimum Gasteiger partial charge on any atom is -0.395 e. The highest BCUT2D eigenvalue weighted by molar-refractivity contribution is 7.80. The SMILES string of the molecule is C[C@@H](O)CNC(=S)Nc1ccc2c(c1)OC(F)(F)O2. The van der Waals surface area contributed by atoms with Crippen LogP contribution in [-0.2, 0) is 0 Å². The fraction of sp³-hybridized carbons (Fsp3) is 0.364. The number of hydrogen-bond donors (Lipinski definition) is 3. The van der Waals surface area contributed by atoms with Crippen molar-refractivity contribution in [1.29, 1.82) is 0 Å². The lowest BCUT2D eigenvalue weighted by molar-refractivity contribution is -0.286. The van der Waals surface area contributed by atoms with Crippen molar-refractivity contribution in [2.24, 2.45) is 0 Å². The minimum absolute atomic E-state index is 0.0293. The van der Waals surface area contributed by atoms with Crippen LogP contribution in [0, 0.1) is 0 Å². The molecule has 1 aliphatic rings. The van der Waals surface area contributed by atoms with Crippen LogP contribution in [0.1, 0.15) is 6.92 Å². The molecule has 1 aliphatic heterocycles. The molecule has 0 amide bonds. The highest BCUT2D eigenvalue weighted by Crippen LogP contribution is 2.42. The quantitative estimate of drug-likeness (QED) is 0.736.